The summed E-state index contributed by atoms with van der Waals surface area (Å²) in [6.07, 6.45) is 24.4. The van der Waals surface area contributed by atoms with Gasteiger partial charge in [0, 0.05) is 12.8 Å². The molecule has 70 heavy (non-hydrogen) atoms. The number of hydrogen-bond acceptors (Lipinski definition) is 15. The summed E-state index contributed by atoms with van der Waals surface area (Å²) in [7, 11) is 0. The van der Waals surface area contributed by atoms with Gasteiger partial charge in [-0.05, 0) is 50.7 Å². The van der Waals surface area contributed by atoms with Crippen molar-refractivity contribution < 1.29 is 73.8 Å². The third-order valence-electron chi connectivity index (χ3n) is 13.5. The highest BCUT2D eigenvalue weighted by atomic mass is 16.7. The van der Waals surface area contributed by atoms with Crippen molar-refractivity contribution in [1.82, 2.24) is 0 Å². The molecule has 2 aliphatic heterocycles. The molecule has 2 rings (SSSR count). The number of unbranched alkanes of at least 4 members (excludes halogenated alkanes) is 28. The Bertz CT molecular complexity index is 1330. The van der Waals surface area contributed by atoms with Gasteiger partial charge in [0.1, 0.15) is 55.4 Å². The highest BCUT2D eigenvalue weighted by molar-refractivity contribution is 5.70. The monoisotopic (exact) mass is 1000 g/mol. The Kier molecular flexibility index (Phi) is 38.8. The van der Waals surface area contributed by atoms with Crippen LogP contribution in [-0.4, -0.2) is 142 Å². The number of carbonyl (C=O) groups is 2. The first-order valence-electron chi connectivity index (χ1n) is 28.0. The van der Waals surface area contributed by atoms with E-state index in [1.807, 2.05) is 0 Å². The van der Waals surface area contributed by atoms with Crippen LogP contribution in [0.4, 0.5) is 0 Å². The van der Waals surface area contributed by atoms with Gasteiger partial charge in [-0.25, -0.2) is 0 Å². The Morgan fingerprint density at radius 2 is 0.857 bits per heavy atom. The normalized spacial score (nSPS) is 25.0. The van der Waals surface area contributed by atoms with Crippen LogP contribution in [0.25, 0.3) is 0 Å². The lowest BCUT2D eigenvalue weighted by Crippen LogP contribution is -2.61. The minimum absolute atomic E-state index is 0.148. The number of esters is 2. The number of aliphatic hydroxyl groups is 7. The summed E-state index contributed by atoms with van der Waals surface area (Å²) in [6, 6.07) is 0. The van der Waals surface area contributed by atoms with Crippen molar-refractivity contribution in [3.63, 3.8) is 0 Å². The fourth-order valence-corrected chi connectivity index (χ4v) is 8.90. The maximum absolute atomic E-state index is 13.0. The molecule has 11 atom stereocenters. The van der Waals surface area contributed by atoms with E-state index in [1.165, 1.54) is 128 Å². The Balaban J connectivity index is 1.77. The molecule has 2 heterocycles. The molecule has 2 saturated heterocycles. The summed E-state index contributed by atoms with van der Waals surface area (Å²) in [5.41, 5.74) is 3.29. The van der Waals surface area contributed by atoms with Crippen LogP contribution in [0.15, 0.2) is 17.9 Å². The van der Waals surface area contributed by atoms with E-state index in [4.69, 9.17) is 28.4 Å². The number of rotatable bonds is 44. The van der Waals surface area contributed by atoms with Crippen LogP contribution in [0.5, 0.6) is 0 Å². The molecule has 0 aromatic carbocycles. The smallest absolute Gasteiger partial charge is 0.306 e. The van der Waals surface area contributed by atoms with E-state index in [9.17, 15) is 45.3 Å². The zero-order valence-corrected chi connectivity index (χ0v) is 43.6. The maximum Gasteiger partial charge on any atom is 0.306 e. The zero-order chi connectivity index (χ0) is 51.0. The van der Waals surface area contributed by atoms with Crippen molar-refractivity contribution >= 4 is 11.9 Å². The molecular formula is C55H100O15. The third kappa shape index (κ3) is 29.7. The van der Waals surface area contributed by atoms with Gasteiger partial charge in [-0.15, -0.1) is 5.73 Å². The molecule has 0 aromatic rings. The topological polar surface area (TPSA) is 231 Å². The standard InChI is InChI=1S/C55H100O15/c1-3-5-7-9-11-13-15-17-19-20-21-22-24-25-27-29-31-33-35-37-46(57)65-40-43(68-47(58)38-36-34-32-30-28-26-23-18-16-14-12-10-8-6-4-2)41-66-54-53(64)51(62)49(60)45(70-54)42-67-55-52(63)50(61)48(59)44(39-56)69-55/h16,23,43-45,48-56,59-64H,3-15,17,19-22,24-42H2,1-2H3/t18?,43-,44+,45+,48-,49-,50?,51?,52?,53?,54+,55+/m0/s1. The van der Waals surface area contributed by atoms with Crippen molar-refractivity contribution in [2.45, 2.75) is 293 Å². The second-order valence-electron chi connectivity index (χ2n) is 19.9. The van der Waals surface area contributed by atoms with Gasteiger partial charge in [0.25, 0.3) is 0 Å². The van der Waals surface area contributed by atoms with E-state index in [1.54, 1.807) is 0 Å². The van der Waals surface area contributed by atoms with E-state index in [-0.39, 0.29) is 26.1 Å². The molecule has 410 valence electrons. The van der Waals surface area contributed by atoms with Gasteiger partial charge in [0.15, 0.2) is 18.7 Å². The lowest BCUT2D eigenvalue weighted by atomic mass is 9.98. The van der Waals surface area contributed by atoms with Crippen LogP contribution in [0.2, 0.25) is 0 Å². The minimum atomic E-state index is -1.77. The first-order chi connectivity index (χ1) is 34.0. The van der Waals surface area contributed by atoms with Crippen LogP contribution in [0, 0.1) is 0 Å². The van der Waals surface area contributed by atoms with Crippen molar-refractivity contribution in [3.8, 4) is 0 Å². The van der Waals surface area contributed by atoms with E-state index < -0.39 is 92.7 Å². The lowest BCUT2D eigenvalue weighted by Gasteiger charge is -2.42. The first-order valence-corrected chi connectivity index (χ1v) is 28.0. The average molecular weight is 1000 g/mol. The van der Waals surface area contributed by atoms with Gasteiger partial charge in [0.2, 0.25) is 0 Å². The van der Waals surface area contributed by atoms with Crippen LogP contribution in [0.3, 0.4) is 0 Å². The van der Waals surface area contributed by atoms with Crippen molar-refractivity contribution in [1.29, 1.82) is 0 Å². The molecule has 0 aromatic heterocycles. The summed E-state index contributed by atoms with van der Waals surface area (Å²) in [5.74, 6) is -0.934. The SMILES string of the molecule is CCCCCCCC=C=CCCCCCCCC(=O)O[C@@H](COC(=O)CCCCCCCCCCCCCCCCCCCCC)CO[C@@H]1O[C@H](CO[C@@H]2O[C@H](CO)[C@H](O)C(O)C2O)[C@H](O)C(O)C1O. The van der Waals surface area contributed by atoms with Gasteiger partial charge < -0.3 is 64.2 Å². The van der Waals surface area contributed by atoms with Gasteiger partial charge in [-0.2, -0.15) is 0 Å². The van der Waals surface area contributed by atoms with E-state index in [2.05, 4.69) is 31.7 Å². The quantitative estimate of drug-likeness (QED) is 0.0172. The molecule has 15 nitrogen and oxygen atoms in total. The zero-order valence-electron chi connectivity index (χ0n) is 43.6. The average Bonchev–Trinajstić information content (AvgIpc) is 3.35. The second kappa shape index (κ2) is 42.4. The highest BCUT2D eigenvalue weighted by Gasteiger charge is 2.47. The van der Waals surface area contributed by atoms with Crippen LogP contribution >= 0.6 is 0 Å². The Hall–Kier alpha value is -1.98. The van der Waals surface area contributed by atoms with E-state index >= 15 is 0 Å². The predicted octanol–water partition coefficient (Wildman–Crippen LogP) is 8.71. The summed E-state index contributed by atoms with van der Waals surface area (Å²) in [5, 5.41) is 72.2. The fourth-order valence-electron chi connectivity index (χ4n) is 8.90. The number of carbonyl (C=O) groups excluding carboxylic acids is 2. The molecule has 2 fully saturated rings. The van der Waals surface area contributed by atoms with E-state index in [0.29, 0.717) is 12.8 Å². The molecular weight excluding hydrogens is 901 g/mol. The highest BCUT2D eigenvalue weighted by Crippen LogP contribution is 2.27. The number of aliphatic hydroxyl groups excluding tert-OH is 7. The second-order valence-corrected chi connectivity index (χ2v) is 19.9. The van der Waals surface area contributed by atoms with Crippen LogP contribution in [-0.2, 0) is 38.0 Å². The Labute approximate surface area is 422 Å². The van der Waals surface area contributed by atoms with Gasteiger partial charge in [-0.3, -0.25) is 9.59 Å². The van der Waals surface area contributed by atoms with Crippen LogP contribution < -0.4 is 0 Å². The maximum atomic E-state index is 13.0. The minimum Gasteiger partial charge on any atom is -0.462 e. The molecule has 0 amide bonds. The molecule has 7 N–H and O–H groups in total. The third-order valence-corrected chi connectivity index (χ3v) is 13.5. The molecule has 2 aliphatic rings. The number of allylic oxidation sites excluding steroid dienone is 1. The van der Waals surface area contributed by atoms with Crippen molar-refractivity contribution in [2.75, 3.05) is 26.4 Å². The molecule has 15 heteroatoms. The molecule has 0 saturated carbocycles. The number of hydrogen-bond donors (Lipinski definition) is 7. The Morgan fingerprint density at radius 3 is 1.31 bits per heavy atom. The number of ether oxygens (including phenoxy) is 6. The molecule has 0 bridgehead atoms. The van der Waals surface area contributed by atoms with Gasteiger partial charge >= 0.3 is 11.9 Å². The summed E-state index contributed by atoms with van der Waals surface area (Å²) in [4.78, 5) is 25.8. The molecule has 0 radical (unpaired) electrons. The van der Waals surface area contributed by atoms with Crippen LogP contribution in [0.1, 0.15) is 226 Å². The Morgan fingerprint density at radius 1 is 0.471 bits per heavy atom. The summed E-state index contributed by atoms with van der Waals surface area (Å²) >= 11 is 0. The molecule has 0 aliphatic carbocycles. The molecule has 4 unspecified atom stereocenters. The summed E-state index contributed by atoms with van der Waals surface area (Å²) < 4.78 is 33.6. The first kappa shape index (κ1) is 64.1. The van der Waals surface area contributed by atoms with Crippen molar-refractivity contribution in [2.24, 2.45) is 0 Å². The van der Waals surface area contributed by atoms with Gasteiger partial charge in [0.05, 0.1) is 19.8 Å². The van der Waals surface area contributed by atoms with Crippen molar-refractivity contribution in [3.05, 3.63) is 17.9 Å². The summed E-state index contributed by atoms with van der Waals surface area (Å²) in [6.45, 7) is 2.59. The lowest BCUT2D eigenvalue weighted by molar-refractivity contribution is -0.332. The van der Waals surface area contributed by atoms with E-state index in [0.717, 1.165) is 57.8 Å². The predicted molar refractivity (Wildman–Crippen MR) is 270 cm³/mol. The van der Waals surface area contributed by atoms with Gasteiger partial charge in [-0.1, -0.05) is 174 Å². The molecule has 0 spiro atoms. The largest absolute Gasteiger partial charge is 0.462 e. The fraction of sp³-hybridized carbons (Fsp3) is 0.909.